The monoisotopic (exact) mass is 407 g/mol. The molecule has 0 amide bonds. The number of nitrogens with zero attached hydrogens (tertiary/aromatic N) is 1. The average Bonchev–Trinajstić information content (AvgIpc) is 3.15. The molecule has 2 aromatic heterocycles. The van der Waals surface area contributed by atoms with E-state index in [9.17, 15) is 13.2 Å². The van der Waals surface area contributed by atoms with Gasteiger partial charge in [0.05, 0.1) is 12.0 Å². The van der Waals surface area contributed by atoms with Gasteiger partial charge in [0.1, 0.15) is 10.6 Å². The van der Waals surface area contributed by atoms with Crippen LogP contribution in [0.4, 0.5) is 0 Å². The lowest BCUT2D eigenvalue weighted by molar-refractivity contribution is 0.104. The summed E-state index contributed by atoms with van der Waals surface area (Å²) in [6.07, 6.45) is 0.598. The van der Waals surface area contributed by atoms with E-state index in [1.807, 2.05) is 19.1 Å². The molecule has 0 aliphatic heterocycles. The van der Waals surface area contributed by atoms with Crippen LogP contribution < -0.4 is 14.6 Å². The molecule has 0 bridgehead atoms. The van der Waals surface area contributed by atoms with E-state index in [1.165, 1.54) is 11.3 Å². The largest absolute Gasteiger partial charge is 0.497 e. The molecule has 144 valence electrons. The van der Waals surface area contributed by atoms with Crippen molar-refractivity contribution >= 4 is 37.5 Å². The molecular weight excluding hydrogens is 386 g/mol. The molecule has 0 atom stereocenters. The Morgan fingerprint density at radius 1 is 1.26 bits per heavy atom. The van der Waals surface area contributed by atoms with Crippen molar-refractivity contribution in [3.63, 3.8) is 0 Å². The van der Waals surface area contributed by atoms with Crippen molar-refractivity contribution < 1.29 is 17.9 Å². The van der Waals surface area contributed by atoms with Crippen LogP contribution in [-0.4, -0.2) is 32.4 Å². The summed E-state index contributed by atoms with van der Waals surface area (Å²) < 4.78 is 31.4. The van der Waals surface area contributed by atoms with Crippen molar-refractivity contribution in [1.82, 2.24) is 9.29 Å². The highest BCUT2D eigenvalue weighted by Crippen LogP contribution is 2.31. The smallest absolute Gasteiger partial charge is 0.274 e. The van der Waals surface area contributed by atoms with Crippen molar-refractivity contribution in [1.29, 1.82) is 0 Å². The maximum atomic E-state index is 12.8. The van der Waals surface area contributed by atoms with Crippen LogP contribution in [0.3, 0.4) is 0 Å². The van der Waals surface area contributed by atoms with Gasteiger partial charge < -0.3 is 9.30 Å². The topological polar surface area (TPSA) is 103 Å². The van der Waals surface area contributed by atoms with Gasteiger partial charge in [-0.15, -0.1) is 11.3 Å². The van der Waals surface area contributed by atoms with E-state index >= 15 is 0 Å². The number of aryl methyl sites for hydroxylation is 2. The number of ether oxygens (including phenoxy) is 1. The molecule has 1 aromatic carbocycles. The van der Waals surface area contributed by atoms with Gasteiger partial charge in [0.2, 0.25) is 5.78 Å². The van der Waals surface area contributed by atoms with Crippen LogP contribution in [0, 0.1) is 6.92 Å². The number of benzene rings is 1. The molecule has 3 N–H and O–H groups in total. The molecule has 3 aromatic rings. The first-order valence-electron chi connectivity index (χ1n) is 8.34. The maximum absolute atomic E-state index is 12.8. The van der Waals surface area contributed by atoms with Crippen molar-refractivity contribution in [2.24, 2.45) is 5.14 Å². The molecule has 0 fully saturated rings. The normalized spacial score (nSPS) is 11.8. The number of nitrogens with two attached hydrogens (primary N) is 1. The third kappa shape index (κ3) is 4.56. The van der Waals surface area contributed by atoms with Crippen LogP contribution in [0.5, 0.6) is 5.75 Å². The Labute approximate surface area is 161 Å². The molecule has 27 heavy (non-hydrogen) atoms. The Morgan fingerprint density at radius 3 is 2.59 bits per heavy atom. The number of methoxy groups -OCH3 is 1. The first-order chi connectivity index (χ1) is 12.8. The van der Waals surface area contributed by atoms with Crippen LogP contribution in [-0.2, 0) is 16.8 Å². The molecular formula is C18H21N3O4S2. The fraction of sp³-hybridized carbons (Fsp3) is 0.278. The summed E-state index contributed by atoms with van der Waals surface area (Å²) >= 11 is 1.44. The summed E-state index contributed by atoms with van der Waals surface area (Å²) in [5.74, 6) is 0.678. The standard InChI is InChI=1S/C18H21N3O4S2/c1-12-10-14-11-16(17(22)13-4-6-15(25-2)7-5-13)26-18(14)21(12)9-3-8-20-27(19,23)24/h4-7,10-11,20H,3,8-9H2,1-2H3,(H2,19,23,24). The summed E-state index contributed by atoms with van der Waals surface area (Å²) in [6, 6.07) is 11.0. The number of ketones is 1. The molecule has 0 aliphatic carbocycles. The Bertz CT molecular complexity index is 1070. The van der Waals surface area contributed by atoms with E-state index < -0.39 is 10.2 Å². The highest BCUT2D eigenvalue weighted by Gasteiger charge is 2.16. The molecule has 0 saturated heterocycles. The van der Waals surface area contributed by atoms with Gasteiger partial charge in [0, 0.05) is 29.7 Å². The van der Waals surface area contributed by atoms with Crippen LogP contribution in [0.2, 0.25) is 0 Å². The van der Waals surface area contributed by atoms with Gasteiger partial charge in [-0.2, -0.15) is 8.42 Å². The summed E-state index contributed by atoms with van der Waals surface area (Å²) in [4.78, 5) is 14.4. The number of aromatic nitrogens is 1. The minimum atomic E-state index is -3.67. The number of nitrogens with one attached hydrogen (secondary N) is 1. The van der Waals surface area contributed by atoms with Gasteiger partial charge in [-0.1, -0.05) is 0 Å². The lowest BCUT2D eigenvalue weighted by Gasteiger charge is -2.07. The zero-order chi connectivity index (χ0) is 19.6. The number of rotatable bonds is 8. The van der Waals surface area contributed by atoms with Gasteiger partial charge in [-0.3, -0.25) is 4.79 Å². The van der Waals surface area contributed by atoms with Crippen molar-refractivity contribution in [2.75, 3.05) is 13.7 Å². The van der Waals surface area contributed by atoms with Gasteiger partial charge in [0.25, 0.3) is 10.2 Å². The third-order valence-corrected chi connectivity index (χ3v) is 5.99. The predicted molar refractivity (Wildman–Crippen MR) is 107 cm³/mol. The molecule has 2 heterocycles. The number of hydrogen-bond acceptors (Lipinski definition) is 5. The fourth-order valence-electron chi connectivity index (χ4n) is 2.90. The van der Waals surface area contributed by atoms with E-state index in [0.717, 1.165) is 15.9 Å². The van der Waals surface area contributed by atoms with Gasteiger partial charge in [0.15, 0.2) is 0 Å². The number of fused-ring (bicyclic) bond motifs is 1. The molecule has 7 nitrogen and oxygen atoms in total. The molecule has 9 heteroatoms. The molecule has 0 spiro atoms. The number of carbonyl (C=O) groups is 1. The second kappa shape index (κ2) is 7.81. The van der Waals surface area contributed by atoms with E-state index in [1.54, 1.807) is 31.4 Å². The second-order valence-corrected chi connectivity index (χ2v) is 8.57. The Balaban J connectivity index is 1.78. The van der Waals surface area contributed by atoms with Crippen molar-refractivity contribution in [3.8, 4) is 5.75 Å². The number of hydrogen-bond donors (Lipinski definition) is 2. The lowest BCUT2D eigenvalue weighted by Crippen LogP contribution is -2.31. The van der Waals surface area contributed by atoms with Crippen LogP contribution in [0.1, 0.15) is 27.3 Å². The molecule has 0 aliphatic rings. The lowest BCUT2D eigenvalue weighted by atomic mass is 10.1. The number of thiophene rings is 1. The zero-order valence-electron chi connectivity index (χ0n) is 15.1. The minimum absolute atomic E-state index is 0.0288. The van der Waals surface area contributed by atoms with Gasteiger partial charge in [-0.25, -0.2) is 9.86 Å². The molecule has 0 unspecified atom stereocenters. The summed E-state index contributed by atoms with van der Waals surface area (Å²) in [5.41, 5.74) is 1.68. The number of carbonyl (C=O) groups excluding carboxylic acids is 1. The Morgan fingerprint density at radius 2 is 1.96 bits per heavy atom. The minimum Gasteiger partial charge on any atom is -0.497 e. The van der Waals surface area contributed by atoms with E-state index in [4.69, 9.17) is 9.88 Å². The average molecular weight is 408 g/mol. The van der Waals surface area contributed by atoms with E-state index in [0.29, 0.717) is 29.2 Å². The quantitative estimate of drug-likeness (QED) is 0.442. The van der Waals surface area contributed by atoms with Gasteiger partial charge >= 0.3 is 0 Å². The summed E-state index contributed by atoms with van der Waals surface area (Å²) in [6.45, 7) is 2.89. The SMILES string of the molecule is COc1ccc(C(=O)c2cc3cc(C)n(CCCNS(N)(=O)=O)c3s2)cc1. The highest BCUT2D eigenvalue weighted by molar-refractivity contribution is 7.87. The fourth-order valence-corrected chi connectivity index (χ4v) is 4.51. The molecule has 3 rings (SSSR count). The van der Waals surface area contributed by atoms with Crippen molar-refractivity contribution in [3.05, 3.63) is 52.5 Å². The van der Waals surface area contributed by atoms with E-state index in [2.05, 4.69) is 9.29 Å². The maximum Gasteiger partial charge on any atom is 0.274 e. The molecule has 0 radical (unpaired) electrons. The highest BCUT2D eigenvalue weighted by atomic mass is 32.2. The van der Waals surface area contributed by atoms with E-state index in [-0.39, 0.29) is 12.3 Å². The van der Waals surface area contributed by atoms with Gasteiger partial charge in [-0.05, 0) is 49.7 Å². The summed E-state index contributed by atoms with van der Waals surface area (Å²) in [7, 11) is -2.09. The third-order valence-electron chi connectivity index (χ3n) is 4.21. The predicted octanol–water partition coefficient (Wildman–Crippen LogP) is 2.43. The van der Waals surface area contributed by atoms with Crippen LogP contribution in [0.25, 0.3) is 10.2 Å². The summed E-state index contributed by atoms with van der Waals surface area (Å²) in [5, 5.41) is 5.94. The van der Waals surface area contributed by atoms with Crippen molar-refractivity contribution in [2.45, 2.75) is 19.9 Å². The zero-order valence-corrected chi connectivity index (χ0v) is 16.7. The Hall–Kier alpha value is -2.20. The second-order valence-electron chi connectivity index (χ2n) is 6.16. The Kier molecular flexibility index (Phi) is 5.66. The first-order valence-corrected chi connectivity index (χ1v) is 10.7. The van der Waals surface area contributed by atoms with Crippen LogP contribution in [0.15, 0.2) is 36.4 Å². The van der Waals surface area contributed by atoms with Crippen LogP contribution >= 0.6 is 11.3 Å². The first kappa shape index (κ1) is 19.6. The molecule has 0 saturated carbocycles.